The molecule has 0 aliphatic rings. The molecule has 3 rings (SSSR count). The zero-order chi connectivity index (χ0) is 15.4. The van der Waals surface area contributed by atoms with Crippen LogP contribution in [0, 0.1) is 0 Å². The van der Waals surface area contributed by atoms with E-state index < -0.39 is 0 Å². The lowest BCUT2D eigenvalue weighted by atomic mass is 10.3. The van der Waals surface area contributed by atoms with Crippen molar-refractivity contribution in [1.82, 2.24) is 10.2 Å². The van der Waals surface area contributed by atoms with Crippen molar-refractivity contribution in [2.75, 3.05) is 11.9 Å². The Bertz CT molecular complexity index is 773. The van der Waals surface area contributed by atoms with Gasteiger partial charge in [-0.3, -0.25) is 10.1 Å². The third-order valence-electron chi connectivity index (χ3n) is 2.60. The van der Waals surface area contributed by atoms with Crippen LogP contribution in [0.4, 0.5) is 5.13 Å². The normalized spacial score (nSPS) is 10.4. The summed E-state index contributed by atoms with van der Waals surface area (Å²) in [6.45, 7) is -0.167. The predicted octanol–water partition coefficient (Wildman–Crippen LogP) is 3.47. The lowest BCUT2D eigenvalue weighted by molar-refractivity contribution is -0.118. The monoisotopic (exact) mass is 335 g/mol. The van der Waals surface area contributed by atoms with E-state index in [-0.39, 0.29) is 12.5 Å². The van der Waals surface area contributed by atoms with Crippen LogP contribution in [-0.2, 0) is 4.79 Å². The Balaban J connectivity index is 1.57. The van der Waals surface area contributed by atoms with Crippen LogP contribution in [-0.4, -0.2) is 22.7 Å². The van der Waals surface area contributed by atoms with Crippen molar-refractivity contribution < 1.29 is 13.9 Å². The minimum absolute atomic E-state index is 0.167. The first-order valence-corrected chi connectivity index (χ1v) is 7.46. The third kappa shape index (κ3) is 3.44. The molecule has 0 saturated carbocycles. The van der Waals surface area contributed by atoms with Crippen LogP contribution in [0.25, 0.3) is 10.8 Å². The molecule has 0 radical (unpaired) electrons. The first kappa shape index (κ1) is 14.6. The van der Waals surface area contributed by atoms with Gasteiger partial charge in [0.05, 0.1) is 11.3 Å². The van der Waals surface area contributed by atoms with E-state index in [2.05, 4.69) is 15.5 Å². The van der Waals surface area contributed by atoms with E-state index in [1.807, 2.05) is 0 Å². The maximum Gasteiger partial charge on any atom is 0.264 e. The summed E-state index contributed by atoms with van der Waals surface area (Å²) >= 11 is 7.16. The molecule has 0 atom stereocenters. The van der Waals surface area contributed by atoms with Gasteiger partial charge in [-0.2, -0.15) is 0 Å². The molecule has 112 valence electrons. The molecule has 3 aromatic rings. The second-order valence-electron chi connectivity index (χ2n) is 4.16. The van der Waals surface area contributed by atoms with Crippen molar-refractivity contribution in [1.29, 1.82) is 0 Å². The average Bonchev–Trinajstić information content (AvgIpc) is 3.17. The molecule has 1 amide bonds. The largest absolute Gasteiger partial charge is 0.482 e. The number of carbonyl (C=O) groups excluding carboxylic acids is 1. The number of carbonyl (C=O) groups is 1. The first-order valence-electron chi connectivity index (χ1n) is 6.27. The summed E-state index contributed by atoms with van der Waals surface area (Å²) in [5, 5.41) is 11.8. The number of ether oxygens (including phenoxy) is 1. The molecule has 0 unspecified atom stereocenters. The Kier molecular flexibility index (Phi) is 4.36. The van der Waals surface area contributed by atoms with E-state index >= 15 is 0 Å². The van der Waals surface area contributed by atoms with Crippen LogP contribution in [0.5, 0.6) is 5.75 Å². The number of nitrogens with one attached hydrogen (secondary N) is 1. The van der Waals surface area contributed by atoms with Crippen molar-refractivity contribution in [2.24, 2.45) is 0 Å². The van der Waals surface area contributed by atoms with Crippen molar-refractivity contribution in [2.45, 2.75) is 0 Å². The van der Waals surface area contributed by atoms with Crippen LogP contribution in [0.3, 0.4) is 0 Å². The van der Waals surface area contributed by atoms with Gasteiger partial charge in [0.25, 0.3) is 5.91 Å². The van der Waals surface area contributed by atoms with Gasteiger partial charge < -0.3 is 9.15 Å². The molecule has 2 heterocycles. The van der Waals surface area contributed by atoms with Crippen LogP contribution >= 0.6 is 22.9 Å². The van der Waals surface area contributed by atoms with E-state index in [0.717, 1.165) is 0 Å². The average molecular weight is 336 g/mol. The minimum Gasteiger partial charge on any atom is -0.482 e. The molecule has 1 N–H and O–H groups in total. The van der Waals surface area contributed by atoms with Crippen molar-refractivity contribution in [3.8, 4) is 16.5 Å². The number of benzene rings is 1. The van der Waals surface area contributed by atoms with Gasteiger partial charge in [0.15, 0.2) is 17.4 Å². The van der Waals surface area contributed by atoms with E-state index in [4.69, 9.17) is 20.8 Å². The zero-order valence-electron chi connectivity index (χ0n) is 11.2. The summed E-state index contributed by atoms with van der Waals surface area (Å²) in [7, 11) is 0. The molecule has 0 aliphatic heterocycles. The fourth-order valence-electron chi connectivity index (χ4n) is 1.63. The van der Waals surface area contributed by atoms with Gasteiger partial charge in [0, 0.05) is 0 Å². The maximum absolute atomic E-state index is 11.8. The van der Waals surface area contributed by atoms with Crippen molar-refractivity contribution >= 4 is 34.0 Å². The molecule has 0 aliphatic carbocycles. The Labute approximate surface area is 134 Å². The third-order valence-corrected chi connectivity index (χ3v) is 3.76. The predicted molar refractivity (Wildman–Crippen MR) is 83.2 cm³/mol. The van der Waals surface area contributed by atoms with E-state index in [1.165, 1.54) is 11.3 Å². The fourth-order valence-corrected chi connectivity index (χ4v) is 2.55. The molecular weight excluding hydrogens is 326 g/mol. The lowest BCUT2D eigenvalue weighted by Crippen LogP contribution is -2.20. The standard InChI is InChI=1S/C14H10ClN3O3S/c15-9-4-1-2-5-10(9)21-8-12(19)16-14-18-17-13(22-14)11-6-3-7-20-11/h1-7H,8H2,(H,16,18,19). The highest BCUT2D eigenvalue weighted by molar-refractivity contribution is 7.18. The van der Waals surface area contributed by atoms with Gasteiger partial charge in [-0.15, -0.1) is 10.2 Å². The number of furan rings is 1. The quantitative estimate of drug-likeness (QED) is 0.772. The number of halogens is 1. The topological polar surface area (TPSA) is 77.2 Å². The Morgan fingerprint density at radius 1 is 1.27 bits per heavy atom. The molecular formula is C14H10ClN3O3S. The SMILES string of the molecule is O=C(COc1ccccc1Cl)Nc1nnc(-c2ccco2)s1. The van der Waals surface area contributed by atoms with Crippen molar-refractivity contribution in [3.05, 3.63) is 47.7 Å². The fraction of sp³-hybridized carbons (Fsp3) is 0.0714. The molecule has 6 nitrogen and oxygen atoms in total. The molecule has 2 aromatic heterocycles. The number of aromatic nitrogens is 2. The Morgan fingerprint density at radius 3 is 2.91 bits per heavy atom. The van der Waals surface area contributed by atoms with Gasteiger partial charge in [-0.25, -0.2) is 0 Å². The summed E-state index contributed by atoms with van der Waals surface area (Å²) in [5.41, 5.74) is 0. The van der Waals surface area contributed by atoms with Gasteiger partial charge in [0.2, 0.25) is 5.13 Å². The number of nitrogens with zero attached hydrogens (tertiary/aromatic N) is 2. The molecule has 8 heteroatoms. The van der Waals surface area contributed by atoms with Crippen LogP contribution in [0.1, 0.15) is 0 Å². The number of rotatable bonds is 5. The van der Waals surface area contributed by atoms with Crippen LogP contribution < -0.4 is 10.1 Å². The summed E-state index contributed by atoms with van der Waals surface area (Å²) in [6.07, 6.45) is 1.55. The van der Waals surface area contributed by atoms with Crippen molar-refractivity contribution in [3.63, 3.8) is 0 Å². The van der Waals surface area contributed by atoms with Gasteiger partial charge in [-0.05, 0) is 24.3 Å². The molecule has 0 saturated heterocycles. The summed E-state index contributed by atoms with van der Waals surface area (Å²) < 4.78 is 10.6. The van der Waals surface area contributed by atoms with Crippen LogP contribution in [0.2, 0.25) is 5.02 Å². The number of para-hydroxylation sites is 1. The molecule has 0 bridgehead atoms. The second kappa shape index (κ2) is 6.59. The number of hydrogen-bond donors (Lipinski definition) is 1. The lowest BCUT2D eigenvalue weighted by Gasteiger charge is -2.06. The van der Waals surface area contributed by atoms with Gasteiger partial charge in [-0.1, -0.05) is 35.1 Å². The van der Waals surface area contributed by atoms with Crippen LogP contribution in [0.15, 0.2) is 47.1 Å². The minimum atomic E-state index is -0.345. The number of amides is 1. The molecule has 0 spiro atoms. The van der Waals surface area contributed by atoms with E-state index in [0.29, 0.717) is 26.7 Å². The van der Waals surface area contributed by atoms with E-state index in [9.17, 15) is 4.79 Å². The van der Waals surface area contributed by atoms with Gasteiger partial charge in [0.1, 0.15) is 5.75 Å². The van der Waals surface area contributed by atoms with E-state index in [1.54, 1.807) is 42.7 Å². The summed E-state index contributed by atoms with van der Waals surface area (Å²) in [5.74, 6) is 0.709. The highest BCUT2D eigenvalue weighted by Crippen LogP contribution is 2.26. The number of hydrogen-bond acceptors (Lipinski definition) is 6. The number of anilines is 1. The summed E-state index contributed by atoms with van der Waals surface area (Å²) in [6, 6.07) is 10.5. The van der Waals surface area contributed by atoms with Gasteiger partial charge >= 0.3 is 0 Å². The highest BCUT2D eigenvalue weighted by atomic mass is 35.5. The Hall–Kier alpha value is -2.38. The molecule has 1 aromatic carbocycles. The molecule has 0 fully saturated rings. The smallest absolute Gasteiger partial charge is 0.264 e. The maximum atomic E-state index is 11.8. The first-order chi connectivity index (χ1) is 10.7. The zero-order valence-corrected chi connectivity index (χ0v) is 12.7. The molecule has 22 heavy (non-hydrogen) atoms. The Morgan fingerprint density at radius 2 is 2.14 bits per heavy atom. The highest BCUT2D eigenvalue weighted by Gasteiger charge is 2.12. The summed E-state index contributed by atoms with van der Waals surface area (Å²) in [4.78, 5) is 11.8. The second-order valence-corrected chi connectivity index (χ2v) is 5.54.